The average Bonchev–Trinajstić information content (AvgIpc) is 2.78. The molecule has 0 radical (unpaired) electrons. The summed E-state index contributed by atoms with van der Waals surface area (Å²) < 4.78 is 0. The van der Waals surface area contributed by atoms with Crippen LogP contribution in [0.2, 0.25) is 0 Å². The number of nitrogens with zero attached hydrogens (tertiary/aromatic N) is 3. The van der Waals surface area contributed by atoms with Crippen molar-refractivity contribution in [3.05, 3.63) is 38.7 Å². The quantitative estimate of drug-likeness (QED) is 0.604. The lowest BCUT2D eigenvalue weighted by molar-refractivity contribution is -0.404. The van der Waals surface area contributed by atoms with Gasteiger partial charge in [0.25, 0.3) is 6.20 Å². The Bertz CT molecular complexity index is 376. The van der Waals surface area contributed by atoms with Gasteiger partial charge in [-0.25, -0.2) is 0 Å². The first-order valence-electron chi connectivity index (χ1n) is 4.47. The molecule has 2 rings (SSSR count). The van der Waals surface area contributed by atoms with E-state index >= 15 is 0 Å². The molecule has 1 aromatic heterocycles. The van der Waals surface area contributed by atoms with E-state index in [1.807, 2.05) is 4.90 Å². The molecule has 0 saturated carbocycles. The highest BCUT2D eigenvalue weighted by molar-refractivity contribution is 7.09. The molecule has 1 fully saturated rings. The zero-order valence-corrected chi connectivity index (χ0v) is 8.74. The Morgan fingerprint density at radius 3 is 3.33 bits per heavy atom. The van der Waals surface area contributed by atoms with Crippen molar-refractivity contribution in [1.82, 2.24) is 15.2 Å². The SMILES string of the molecule is O=[N+]([O-])/C=C1/NCCN1Cc1cncs1. The number of thiazole rings is 1. The van der Waals surface area contributed by atoms with Gasteiger partial charge in [-0.1, -0.05) is 0 Å². The molecular weight excluding hydrogens is 216 g/mol. The molecule has 0 amide bonds. The largest absolute Gasteiger partial charge is 0.365 e. The molecule has 0 unspecified atom stereocenters. The minimum atomic E-state index is -0.437. The summed E-state index contributed by atoms with van der Waals surface area (Å²) in [6.07, 6.45) is 2.79. The molecule has 0 aromatic carbocycles. The molecule has 0 aliphatic carbocycles. The van der Waals surface area contributed by atoms with E-state index in [4.69, 9.17) is 0 Å². The molecule has 0 bridgehead atoms. The van der Waals surface area contributed by atoms with E-state index < -0.39 is 4.92 Å². The summed E-state index contributed by atoms with van der Waals surface area (Å²) >= 11 is 1.55. The summed E-state index contributed by atoms with van der Waals surface area (Å²) in [5, 5.41) is 13.3. The number of aromatic nitrogens is 1. The third-order valence-electron chi connectivity index (χ3n) is 2.09. The van der Waals surface area contributed by atoms with Crippen molar-refractivity contribution in [3.8, 4) is 0 Å². The molecule has 2 heterocycles. The number of nitro groups is 1. The Morgan fingerprint density at radius 1 is 1.80 bits per heavy atom. The fourth-order valence-electron chi connectivity index (χ4n) is 1.45. The minimum absolute atomic E-state index is 0.437. The van der Waals surface area contributed by atoms with Gasteiger partial charge in [0.15, 0.2) is 5.82 Å². The molecule has 1 aliphatic rings. The van der Waals surface area contributed by atoms with Crippen LogP contribution in [0.1, 0.15) is 4.88 Å². The van der Waals surface area contributed by atoms with Crippen LogP contribution in [0.3, 0.4) is 0 Å². The van der Waals surface area contributed by atoms with Crippen LogP contribution in [-0.2, 0) is 6.54 Å². The lowest BCUT2D eigenvalue weighted by Crippen LogP contribution is -2.20. The van der Waals surface area contributed by atoms with Crippen molar-refractivity contribution in [1.29, 1.82) is 0 Å². The molecule has 15 heavy (non-hydrogen) atoms. The van der Waals surface area contributed by atoms with E-state index in [0.717, 1.165) is 24.2 Å². The van der Waals surface area contributed by atoms with Crippen molar-refractivity contribution in [2.75, 3.05) is 13.1 Å². The van der Waals surface area contributed by atoms with Crippen molar-refractivity contribution in [3.63, 3.8) is 0 Å². The maximum absolute atomic E-state index is 10.4. The minimum Gasteiger partial charge on any atom is -0.365 e. The molecule has 0 atom stereocenters. The second-order valence-electron chi connectivity index (χ2n) is 3.12. The average molecular weight is 226 g/mol. The van der Waals surface area contributed by atoms with Crippen molar-refractivity contribution in [2.45, 2.75) is 6.54 Å². The fraction of sp³-hybridized carbons (Fsp3) is 0.375. The van der Waals surface area contributed by atoms with Crippen LogP contribution < -0.4 is 5.32 Å². The number of nitrogens with one attached hydrogen (secondary N) is 1. The van der Waals surface area contributed by atoms with Gasteiger partial charge in [-0.15, -0.1) is 11.3 Å². The Morgan fingerprint density at radius 2 is 2.67 bits per heavy atom. The smallest absolute Gasteiger partial charge is 0.274 e. The summed E-state index contributed by atoms with van der Waals surface area (Å²) in [6, 6.07) is 0. The highest BCUT2D eigenvalue weighted by Gasteiger charge is 2.19. The van der Waals surface area contributed by atoms with Gasteiger partial charge in [-0.05, 0) is 0 Å². The van der Waals surface area contributed by atoms with Crippen molar-refractivity contribution in [2.24, 2.45) is 0 Å². The topological polar surface area (TPSA) is 71.3 Å². The van der Waals surface area contributed by atoms with Gasteiger partial charge >= 0.3 is 0 Å². The third-order valence-corrected chi connectivity index (χ3v) is 2.85. The van der Waals surface area contributed by atoms with Crippen LogP contribution in [0, 0.1) is 10.1 Å². The summed E-state index contributed by atoms with van der Waals surface area (Å²) in [6.45, 7) is 2.22. The Balaban J connectivity index is 2.05. The van der Waals surface area contributed by atoms with Crippen LogP contribution >= 0.6 is 11.3 Å². The van der Waals surface area contributed by atoms with Crippen LogP contribution in [-0.4, -0.2) is 27.9 Å². The molecule has 1 aromatic rings. The van der Waals surface area contributed by atoms with Gasteiger partial charge in [-0.2, -0.15) is 0 Å². The molecular formula is C8H10N4O2S. The Kier molecular flexibility index (Phi) is 2.82. The number of hydrogen-bond acceptors (Lipinski definition) is 6. The lowest BCUT2D eigenvalue weighted by atomic mass is 10.4. The van der Waals surface area contributed by atoms with Crippen molar-refractivity contribution >= 4 is 11.3 Å². The van der Waals surface area contributed by atoms with E-state index in [0.29, 0.717) is 12.4 Å². The maximum Gasteiger partial charge on any atom is 0.274 e. The van der Waals surface area contributed by atoms with Crippen LogP contribution in [0.25, 0.3) is 0 Å². The summed E-state index contributed by atoms with van der Waals surface area (Å²) in [7, 11) is 0. The van der Waals surface area contributed by atoms with Gasteiger partial charge in [0.2, 0.25) is 0 Å². The van der Waals surface area contributed by atoms with E-state index in [9.17, 15) is 10.1 Å². The predicted molar refractivity (Wildman–Crippen MR) is 55.6 cm³/mol. The summed E-state index contributed by atoms with van der Waals surface area (Å²) in [4.78, 5) is 16.9. The lowest BCUT2D eigenvalue weighted by Gasteiger charge is -2.15. The fourth-order valence-corrected chi connectivity index (χ4v) is 2.06. The monoisotopic (exact) mass is 226 g/mol. The van der Waals surface area contributed by atoms with Crippen LogP contribution in [0.15, 0.2) is 23.7 Å². The van der Waals surface area contributed by atoms with E-state index in [2.05, 4.69) is 10.3 Å². The van der Waals surface area contributed by atoms with Gasteiger partial charge in [-0.3, -0.25) is 15.1 Å². The van der Waals surface area contributed by atoms with Gasteiger partial charge in [0.05, 0.1) is 17.0 Å². The van der Waals surface area contributed by atoms with Crippen LogP contribution in [0.5, 0.6) is 0 Å². The third kappa shape index (κ3) is 2.44. The van der Waals surface area contributed by atoms with Gasteiger partial charge in [0, 0.05) is 24.2 Å². The Hall–Kier alpha value is -1.63. The first-order valence-corrected chi connectivity index (χ1v) is 5.35. The Labute approximate surface area is 90.4 Å². The maximum atomic E-state index is 10.4. The first kappa shape index (κ1) is 9.91. The predicted octanol–water partition coefficient (Wildman–Crippen LogP) is 0.624. The molecule has 1 aliphatic heterocycles. The standard InChI is InChI=1S/C8H10N4O2S/c13-12(14)5-8-10-1-2-11(8)4-7-3-9-6-15-7/h3,5-6,10H,1-2,4H2/b8-5-. The zero-order valence-electron chi connectivity index (χ0n) is 7.92. The number of rotatable bonds is 3. The molecule has 0 spiro atoms. The zero-order chi connectivity index (χ0) is 10.7. The van der Waals surface area contributed by atoms with Gasteiger partial charge in [0.1, 0.15) is 0 Å². The van der Waals surface area contributed by atoms with Gasteiger partial charge < -0.3 is 10.2 Å². The molecule has 6 nitrogen and oxygen atoms in total. The summed E-state index contributed by atoms with van der Waals surface area (Å²) in [5.74, 6) is 0.577. The normalized spacial score (nSPS) is 18.1. The highest BCUT2D eigenvalue weighted by Crippen LogP contribution is 2.15. The molecule has 1 N–H and O–H groups in total. The van der Waals surface area contributed by atoms with E-state index in [-0.39, 0.29) is 0 Å². The molecule has 7 heteroatoms. The number of hydrogen-bond donors (Lipinski definition) is 1. The second kappa shape index (κ2) is 4.26. The molecule has 80 valence electrons. The van der Waals surface area contributed by atoms with Crippen LogP contribution in [0.4, 0.5) is 0 Å². The van der Waals surface area contributed by atoms with Crippen molar-refractivity contribution < 1.29 is 4.92 Å². The summed E-state index contributed by atoms with van der Waals surface area (Å²) in [5.41, 5.74) is 1.76. The highest BCUT2D eigenvalue weighted by atomic mass is 32.1. The second-order valence-corrected chi connectivity index (χ2v) is 4.09. The van der Waals surface area contributed by atoms with E-state index in [1.165, 1.54) is 0 Å². The molecule has 1 saturated heterocycles. The first-order chi connectivity index (χ1) is 7.25. The van der Waals surface area contributed by atoms with E-state index in [1.54, 1.807) is 23.0 Å².